The van der Waals surface area contributed by atoms with Gasteiger partial charge in [0.2, 0.25) is 5.91 Å². The van der Waals surface area contributed by atoms with E-state index in [4.69, 9.17) is 4.74 Å². The predicted molar refractivity (Wildman–Crippen MR) is 98.0 cm³/mol. The minimum absolute atomic E-state index is 0.140. The Morgan fingerprint density at radius 1 is 1.30 bits per heavy atom. The van der Waals surface area contributed by atoms with Crippen LogP contribution in [0.25, 0.3) is 0 Å². The molecular formula is C18H25FN4O4. The number of amides is 2. The number of benzene rings is 1. The third kappa shape index (κ3) is 3.92. The second-order valence-corrected chi connectivity index (χ2v) is 6.75. The normalized spacial score (nSPS) is 23.0. The summed E-state index contributed by atoms with van der Waals surface area (Å²) in [4.78, 5) is 26.6. The number of methoxy groups -OCH3 is 2. The number of alkyl carbamates (subject to hydrolysis) is 1. The summed E-state index contributed by atoms with van der Waals surface area (Å²) in [6.45, 7) is 2.29. The standard InChI is InChI=1S/C18H25FN4O4/c1-10(26-2)15(22-18(25)27-3)17(24)23-8-4-5-14(23)16-20-12-7-6-11(19)9-13(12)21-16/h6-7,9-10,14-16,20-21H,4-5,8H2,1-3H3,(H,22,25)/t10-,14+,15+,16-/m1/s1. The molecule has 3 rings (SSSR count). The van der Waals surface area contributed by atoms with Crippen LogP contribution in [0.3, 0.4) is 0 Å². The third-order valence-corrected chi connectivity index (χ3v) is 5.14. The van der Waals surface area contributed by atoms with Crippen molar-refractivity contribution in [2.75, 3.05) is 31.4 Å². The van der Waals surface area contributed by atoms with Gasteiger partial charge in [0.05, 0.1) is 30.6 Å². The molecule has 2 aliphatic rings. The van der Waals surface area contributed by atoms with Crippen LogP contribution in [0, 0.1) is 5.82 Å². The number of ether oxygens (including phenoxy) is 2. The van der Waals surface area contributed by atoms with Crippen molar-refractivity contribution in [3.05, 3.63) is 24.0 Å². The fourth-order valence-electron chi connectivity index (χ4n) is 3.62. The van der Waals surface area contributed by atoms with Crippen LogP contribution >= 0.6 is 0 Å². The molecule has 0 radical (unpaired) electrons. The number of rotatable bonds is 5. The highest BCUT2D eigenvalue weighted by Gasteiger charge is 2.41. The van der Waals surface area contributed by atoms with Crippen molar-refractivity contribution in [2.24, 2.45) is 0 Å². The molecule has 8 nitrogen and oxygen atoms in total. The van der Waals surface area contributed by atoms with Gasteiger partial charge in [-0.1, -0.05) is 0 Å². The monoisotopic (exact) mass is 380 g/mol. The molecule has 4 atom stereocenters. The van der Waals surface area contributed by atoms with Gasteiger partial charge in [0.25, 0.3) is 0 Å². The van der Waals surface area contributed by atoms with Crippen LogP contribution in [0.2, 0.25) is 0 Å². The number of hydrogen-bond acceptors (Lipinski definition) is 6. The molecule has 1 aromatic carbocycles. The van der Waals surface area contributed by atoms with Gasteiger partial charge >= 0.3 is 6.09 Å². The Labute approximate surface area is 157 Å². The minimum atomic E-state index is -0.857. The van der Waals surface area contributed by atoms with Crippen molar-refractivity contribution in [2.45, 2.75) is 44.1 Å². The van der Waals surface area contributed by atoms with E-state index in [1.165, 1.54) is 26.4 Å². The van der Waals surface area contributed by atoms with Gasteiger partial charge in [-0.25, -0.2) is 9.18 Å². The molecule has 2 aliphatic heterocycles. The minimum Gasteiger partial charge on any atom is -0.453 e. The van der Waals surface area contributed by atoms with Gasteiger partial charge in [-0.3, -0.25) is 4.79 Å². The Morgan fingerprint density at radius 3 is 2.74 bits per heavy atom. The van der Waals surface area contributed by atoms with Crippen molar-refractivity contribution in [3.8, 4) is 0 Å². The van der Waals surface area contributed by atoms with Crippen LogP contribution in [-0.2, 0) is 14.3 Å². The number of nitrogens with one attached hydrogen (secondary N) is 3. The van der Waals surface area contributed by atoms with Crippen LogP contribution in [0.15, 0.2) is 18.2 Å². The summed E-state index contributed by atoms with van der Waals surface area (Å²) >= 11 is 0. The van der Waals surface area contributed by atoms with Gasteiger partial charge in [-0.05, 0) is 38.0 Å². The van der Waals surface area contributed by atoms with Gasteiger partial charge in [0, 0.05) is 13.7 Å². The largest absolute Gasteiger partial charge is 0.453 e. The molecule has 1 aromatic rings. The molecule has 0 aromatic heterocycles. The Bertz CT molecular complexity index is 717. The Kier molecular flexibility index (Phi) is 5.69. The van der Waals surface area contributed by atoms with E-state index in [1.807, 2.05) is 0 Å². The first kappa shape index (κ1) is 19.2. The first-order valence-electron chi connectivity index (χ1n) is 8.95. The Balaban J connectivity index is 1.75. The average Bonchev–Trinajstić information content (AvgIpc) is 3.30. The molecule has 27 heavy (non-hydrogen) atoms. The summed E-state index contributed by atoms with van der Waals surface area (Å²) in [5.74, 6) is -0.553. The lowest BCUT2D eigenvalue weighted by atomic mass is 10.1. The molecule has 0 bridgehead atoms. The second kappa shape index (κ2) is 7.99. The summed E-state index contributed by atoms with van der Waals surface area (Å²) in [6, 6.07) is 3.50. The molecule has 2 heterocycles. The number of hydrogen-bond donors (Lipinski definition) is 3. The van der Waals surface area contributed by atoms with Crippen molar-refractivity contribution in [1.29, 1.82) is 0 Å². The predicted octanol–water partition coefficient (Wildman–Crippen LogP) is 1.74. The highest BCUT2D eigenvalue weighted by Crippen LogP contribution is 2.34. The first-order chi connectivity index (χ1) is 12.9. The highest BCUT2D eigenvalue weighted by atomic mass is 19.1. The zero-order valence-corrected chi connectivity index (χ0v) is 15.6. The van der Waals surface area contributed by atoms with E-state index in [-0.39, 0.29) is 23.9 Å². The molecule has 2 amide bonds. The highest BCUT2D eigenvalue weighted by molar-refractivity contribution is 5.87. The maximum atomic E-state index is 13.5. The van der Waals surface area contributed by atoms with Gasteiger partial charge in [-0.2, -0.15) is 0 Å². The molecule has 9 heteroatoms. The van der Waals surface area contributed by atoms with Gasteiger partial charge < -0.3 is 30.3 Å². The maximum Gasteiger partial charge on any atom is 0.407 e. The lowest BCUT2D eigenvalue weighted by molar-refractivity contribution is -0.137. The number of carbonyl (C=O) groups is 2. The van der Waals surface area contributed by atoms with E-state index < -0.39 is 18.2 Å². The number of fused-ring (bicyclic) bond motifs is 1. The summed E-state index contributed by atoms with van der Waals surface area (Å²) in [5.41, 5.74) is 1.48. The number of likely N-dealkylation sites (tertiary alicyclic amines) is 1. The molecule has 0 spiro atoms. The van der Waals surface area contributed by atoms with E-state index in [1.54, 1.807) is 17.9 Å². The lowest BCUT2D eigenvalue weighted by Gasteiger charge is -2.34. The summed E-state index contributed by atoms with van der Waals surface area (Å²) in [7, 11) is 2.73. The van der Waals surface area contributed by atoms with E-state index in [0.717, 1.165) is 18.5 Å². The number of halogens is 1. The molecule has 0 unspecified atom stereocenters. The summed E-state index contributed by atoms with van der Waals surface area (Å²) in [5, 5.41) is 9.12. The zero-order chi connectivity index (χ0) is 19.6. The molecule has 0 aliphatic carbocycles. The number of nitrogens with zero attached hydrogens (tertiary/aromatic N) is 1. The molecule has 3 N–H and O–H groups in total. The fraction of sp³-hybridized carbons (Fsp3) is 0.556. The summed E-state index contributed by atoms with van der Waals surface area (Å²) in [6.07, 6.45) is 0.193. The van der Waals surface area contributed by atoms with Gasteiger partial charge in [0.15, 0.2) is 0 Å². The first-order valence-corrected chi connectivity index (χ1v) is 8.95. The third-order valence-electron chi connectivity index (χ3n) is 5.14. The topological polar surface area (TPSA) is 91.9 Å². The van der Waals surface area contributed by atoms with E-state index >= 15 is 0 Å². The zero-order valence-electron chi connectivity index (χ0n) is 15.6. The van der Waals surface area contributed by atoms with Crippen LogP contribution in [0.4, 0.5) is 20.6 Å². The van der Waals surface area contributed by atoms with Crippen LogP contribution in [0.5, 0.6) is 0 Å². The van der Waals surface area contributed by atoms with Crippen LogP contribution < -0.4 is 16.0 Å². The van der Waals surface area contributed by atoms with Gasteiger partial charge in [0.1, 0.15) is 18.0 Å². The summed E-state index contributed by atoms with van der Waals surface area (Å²) < 4.78 is 23.4. The van der Waals surface area contributed by atoms with E-state index in [9.17, 15) is 14.0 Å². The molecular weight excluding hydrogens is 355 g/mol. The fourth-order valence-corrected chi connectivity index (χ4v) is 3.62. The SMILES string of the molecule is COC(=O)N[C@H](C(=O)N1CCC[C@H]1[C@@H]1Nc2ccc(F)cc2N1)[C@@H](C)OC. The van der Waals surface area contributed by atoms with Crippen LogP contribution in [-0.4, -0.2) is 62.0 Å². The molecule has 148 valence electrons. The second-order valence-electron chi connectivity index (χ2n) is 6.75. The Hall–Kier alpha value is -2.55. The van der Waals surface area contributed by atoms with E-state index in [0.29, 0.717) is 12.2 Å². The molecule has 1 fully saturated rings. The molecule has 0 saturated carbocycles. The Morgan fingerprint density at radius 2 is 2.04 bits per heavy atom. The van der Waals surface area contributed by atoms with Crippen molar-refractivity contribution in [3.63, 3.8) is 0 Å². The number of carbonyl (C=O) groups excluding carboxylic acids is 2. The maximum absolute atomic E-state index is 13.5. The lowest BCUT2D eigenvalue weighted by Crippen LogP contribution is -2.57. The smallest absolute Gasteiger partial charge is 0.407 e. The van der Waals surface area contributed by atoms with Crippen LogP contribution in [0.1, 0.15) is 19.8 Å². The van der Waals surface area contributed by atoms with Crippen molar-refractivity contribution < 1.29 is 23.5 Å². The van der Waals surface area contributed by atoms with Crippen molar-refractivity contribution >= 4 is 23.4 Å². The average molecular weight is 380 g/mol. The van der Waals surface area contributed by atoms with E-state index in [2.05, 4.69) is 20.7 Å². The molecule has 1 saturated heterocycles. The number of anilines is 2. The van der Waals surface area contributed by atoms with Crippen molar-refractivity contribution in [1.82, 2.24) is 10.2 Å². The quantitative estimate of drug-likeness (QED) is 0.721. The van der Waals surface area contributed by atoms with Gasteiger partial charge in [-0.15, -0.1) is 0 Å².